The van der Waals surface area contributed by atoms with Crippen LogP contribution in [0.25, 0.3) is 0 Å². The van der Waals surface area contributed by atoms with Crippen LogP contribution in [0.4, 0.5) is 0 Å². The first-order valence-corrected chi connectivity index (χ1v) is 6.97. The van der Waals surface area contributed by atoms with E-state index >= 15 is 0 Å². The van der Waals surface area contributed by atoms with Crippen molar-refractivity contribution in [2.24, 2.45) is 11.8 Å². The van der Waals surface area contributed by atoms with E-state index in [2.05, 4.69) is 26.0 Å². The summed E-state index contributed by atoms with van der Waals surface area (Å²) in [4.78, 5) is 0. The Morgan fingerprint density at radius 3 is 2.06 bits per heavy atom. The molecule has 96 valence electrons. The Labute approximate surface area is 110 Å². The number of alkyl halides is 1. The summed E-state index contributed by atoms with van der Waals surface area (Å²) in [6.45, 7) is 4.50. The summed E-state index contributed by atoms with van der Waals surface area (Å²) in [5.41, 5.74) is 1.35. The van der Waals surface area contributed by atoms with Crippen molar-refractivity contribution in [1.82, 2.24) is 0 Å². The van der Waals surface area contributed by atoms with E-state index in [4.69, 9.17) is 16.3 Å². The van der Waals surface area contributed by atoms with Crippen molar-refractivity contribution in [3.63, 3.8) is 0 Å². The fraction of sp³-hybridized carbons (Fsp3) is 0.600. The Bertz CT molecular complexity index is 303. The summed E-state index contributed by atoms with van der Waals surface area (Å²) in [5.74, 6) is 2.98. The second-order valence-electron chi connectivity index (χ2n) is 4.54. The standard InChI is InChI=1S/C15H23ClO/c1-4-13(5-2)14(11-16)10-12-6-8-15(17-3)9-7-12/h6-9,13-14H,4-5,10-11H2,1-3H3. The molecule has 0 saturated carbocycles. The van der Waals surface area contributed by atoms with Gasteiger partial charge in [0, 0.05) is 5.88 Å². The van der Waals surface area contributed by atoms with Crippen molar-refractivity contribution < 1.29 is 4.74 Å². The van der Waals surface area contributed by atoms with E-state index in [0.717, 1.165) is 24.0 Å². The fourth-order valence-corrected chi connectivity index (χ4v) is 2.73. The van der Waals surface area contributed by atoms with E-state index in [1.54, 1.807) is 7.11 Å². The van der Waals surface area contributed by atoms with Gasteiger partial charge in [-0.2, -0.15) is 0 Å². The normalized spacial score (nSPS) is 12.8. The molecule has 0 aliphatic heterocycles. The molecular weight excluding hydrogens is 232 g/mol. The van der Waals surface area contributed by atoms with Crippen LogP contribution in [-0.4, -0.2) is 13.0 Å². The van der Waals surface area contributed by atoms with Gasteiger partial charge >= 0.3 is 0 Å². The maximum absolute atomic E-state index is 6.10. The molecule has 1 atom stereocenters. The molecule has 1 aromatic carbocycles. The molecule has 2 heteroatoms. The summed E-state index contributed by atoms with van der Waals surface area (Å²) in [6, 6.07) is 8.32. The van der Waals surface area contributed by atoms with E-state index in [9.17, 15) is 0 Å². The van der Waals surface area contributed by atoms with Gasteiger partial charge in [0.15, 0.2) is 0 Å². The van der Waals surface area contributed by atoms with Crippen molar-refractivity contribution in [2.75, 3.05) is 13.0 Å². The molecule has 0 heterocycles. The van der Waals surface area contributed by atoms with Crippen LogP contribution in [0.1, 0.15) is 32.3 Å². The minimum absolute atomic E-state index is 0.583. The molecule has 0 fully saturated rings. The van der Waals surface area contributed by atoms with Crippen molar-refractivity contribution in [3.8, 4) is 5.75 Å². The quantitative estimate of drug-likeness (QED) is 0.650. The first-order chi connectivity index (χ1) is 8.24. The van der Waals surface area contributed by atoms with Gasteiger partial charge in [-0.05, 0) is 36.0 Å². The second kappa shape index (κ2) is 7.60. The van der Waals surface area contributed by atoms with Crippen molar-refractivity contribution in [2.45, 2.75) is 33.1 Å². The van der Waals surface area contributed by atoms with Crippen molar-refractivity contribution in [3.05, 3.63) is 29.8 Å². The zero-order valence-corrected chi connectivity index (χ0v) is 11.8. The SMILES string of the molecule is CCC(CC)C(CCl)Cc1ccc(OC)cc1. The van der Waals surface area contributed by atoms with Crippen LogP contribution in [-0.2, 0) is 6.42 Å². The van der Waals surface area contributed by atoms with Crippen LogP contribution in [0.5, 0.6) is 5.75 Å². The van der Waals surface area contributed by atoms with Gasteiger partial charge in [-0.25, -0.2) is 0 Å². The number of rotatable bonds is 7. The molecule has 0 aliphatic rings. The highest BCUT2D eigenvalue weighted by Crippen LogP contribution is 2.25. The molecule has 1 aromatic rings. The molecule has 0 bridgehead atoms. The second-order valence-corrected chi connectivity index (χ2v) is 4.85. The number of benzene rings is 1. The van der Waals surface area contributed by atoms with Gasteiger partial charge in [0.1, 0.15) is 5.75 Å². The molecule has 0 radical (unpaired) electrons. The summed E-state index contributed by atoms with van der Waals surface area (Å²) >= 11 is 6.10. The zero-order valence-electron chi connectivity index (χ0n) is 11.1. The van der Waals surface area contributed by atoms with E-state index in [0.29, 0.717) is 5.92 Å². The van der Waals surface area contributed by atoms with Crippen LogP contribution in [0.15, 0.2) is 24.3 Å². The highest BCUT2D eigenvalue weighted by Gasteiger charge is 2.17. The average Bonchev–Trinajstić information content (AvgIpc) is 2.39. The van der Waals surface area contributed by atoms with Crippen LogP contribution in [0.3, 0.4) is 0 Å². The molecule has 0 amide bonds. The largest absolute Gasteiger partial charge is 0.497 e. The lowest BCUT2D eigenvalue weighted by atomic mass is 9.85. The molecule has 1 rings (SSSR count). The zero-order chi connectivity index (χ0) is 12.7. The van der Waals surface area contributed by atoms with Gasteiger partial charge in [-0.1, -0.05) is 38.8 Å². The lowest BCUT2D eigenvalue weighted by Gasteiger charge is -2.23. The third-order valence-electron chi connectivity index (χ3n) is 3.57. The van der Waals surface area contributed by atoms with E-state index in [1.807, 2.05) is 12.1 Å². The predicted molar refractivity (Wildman–Crippen MR) is 75.0 cm³/mol. The third kappa shape index (κ3) is 4.23. The highest BCUT2D eigenvalue weighted by molar-refractivity contribution is 6.18. The monoisotopic (exact) mass is 254 g/mol. The van der Waals surface area contributed by atoms with E-state index in [-0.39, 0.29) is 0 Å². The van der Waals surface area contributed by atoms with Gasteiger partial charge in [-0.15, -0.1) is 11.6 Å². The minimum atomic E-state index is 0.583. The Balaban J connectivity index is 2.66. The number of hydrogen-bond donors (Lipinski definition) is 0. The maximum Gasteiger partial charge on any atom is 0.118 e. The topological polar surface area (TPSA) is 9.23 Å². The van der Waals surface area contributed by atoms with Gasteiger partial charge < -0.3 is 4.74 Å². The summed E-state index contributed by atoms with van der Waals surface area (Å²) < 4.78 is 5.16. The van der Waals surface area contributed by atoms with Crippen molar-refractivity contribution >= 4 is 11.6 Å². The van der Waals surface area contributed by atoms with Gasteiger partial charge in [0.2, 0.25) is 0 Å². The molecule has 0 spiro atoms. The van der Waals surface area contributed by atoms with Crippen LogP contribution >= 0.6 is 11.6 Å². The third-order valence-corrected chi connectivity index (χ3v) is 3.97. The number of methoxy groups -OCH3 is 1. The number of ether oxygens (including phenoxy) is 1. The molecule has 0 aliphatic carbocycles. The summed E-state index contributed by atoms with van der Waals surface area (Å²) in [5, 5.41) is 0. The van der Waals surface area contributed by atoms with Gasteiger partial charge in [0.05, 0.1) is 7.11 Å². The first kappa shape index (κ1) is 14.4. The number of halogens is 1. The Morgan fingerprint density at radius 2 is 1.65 bits per heavy atom. The summed E-state index contributed by atoms with van der Waals surface area (Å²) in [7, 11) is 1.70. The first-order valence-electron chi connectivity index (χ1n) is 6.44. The van der Waals surface area contributed by atoms with Crippen molar-refractivity contribution in [1.29, 1.82) is 0 Å². The highest BCUT2D eigenvalue weighted by atomic mass is 35.5. The van der Waals surface area contributed by atoms with Crippen LogP contribution < -0.4 is 4.74 Å². The smallest absolute Gasteiger partial charge is 0.118 e. The molecule has 1 unspecified atom stereocenters. The van der Waals surface area contributed by atoms with Gasteiger partial charge in [0.25, 0.3) is 0 Å². The predicted octanol–water partition coefficient (Wildman–Crippen LogP) is 4.53. The molecular formula is C15H23ClO. The Morgan fingerprint density at radius 1 is 1.06 bits per heavy atom. The molecule has 17 heavy (non-hydrogen) atoms. The van der Waals surface area contributed by atoms with E-state index < -0.39 is 0 Å². The van der Waals surface area contributed by atoms with Gasteiger partial charge in [-0.3, -0.25) is 0 Å². The fourth-order valence-electron chi connectivity index (χ4n) is 2.37. The number of hydrogen-bond acceptors (Lipinski definition) is 1. The van der Waals surface area contributed by atoms with E-state index in [1.165, 1.54) is 18.4 Å². The molecule has 1 nitrogen and oxygen atoms in total. The van der Waals surface area contributed by atoms with Crippen LogP contribution in [0.2, 0.25) is 0 Å². The average molecular weight is 255 g/mol. The Hall–Kier alpha value is -0.690. The van der Waals surface area contributed by atoms with Crippen LogP contribution in [0, 0.1) is 11.8 Å². The lowest BCUT2D eigenvalue weighted by molar-refractivity contribution is 0.339. The maximum atomic E-state index is 6.10. The summed E-state index contributed by atoms with van der Waals surface area (Å²) in [6.07, 6.45) is 3.49. The molecule has 0 saturated heterocycles. The minimum Gasteiger partial charge on any atom is -0.497 e. The molecule has 0 N–H and O–H groups in total. The lowest BCUT2D eigenvalue weighted by Crippen LogP contribution is -2.17. The Kier molecular flexibility index (Phi) is 6.43. The molecule has 0 aromatic heterocycles.